The summed E-state index contributed by atoms with van der Waals surface area (Å²) in [6, 6.07) is 10.9. The zero-order valence-corrected chi connectivity index (χ0v) is 20.4. The van der Waals surface area contributed by atoms with Gasteiger partial charge in [-0.3, -0.25) is 9.69 Å². The van der Waals surface area contributed by atoms with Crippen LogP contribution >= 0.6 is 0 Å². The first kappa shape index (κ1) is 23.7. The summed E-state index contributed by atoms with van der Waals surface area (Å²) < 4.78 is 11.5. The van der Waals surface area contributed by atoms with Crippen molar-refractivity contribution >= 4 is 17.7 Å². The molecule has 4 rings (SSSR count). The van der Waals surface area contributed by atoms with E-state index in [1.165, 1.54) is 4.90 Å². The summed E-state index contributed by atoms with van der Waals surface area (Å²) in [5, 5.41) is 16.2. The fourth-order valence-corrected chi connectivity index (χ4v) is 4.78. The second-order valence-electron chi connectivity index (χ2n) is 10.0. The van der Waals surface area contributed by atoms with E-state index in [9.17, 15) is 14.7 Å². The Morgan fingerprint density at radius 3 is 2.53 bits per heavy atom. The maximum atomic E-state index is 13.3. The molecular weight excluding hydrogens is 434 g/mol. The lowest BCUT2D eigenvalue weighted by molar-refractivity contribution is -0.0511. The number of fused-ring (bicyclic) bond motifs is 1. The van der Waals surface area contributed by atoms with Crippen molar-refractivity contribution in [2.45, 2.75) is 52.7 Å². The van der Waals surface area contributed by atoms with Gasteiger partial charge in [-0.1, -0.05) is 39.0 Å². The lowest BCUT2D eigenvalue weighted by atomic mass is 9.72. The van der Waals surface area contributed by atoms with Crippen LogP contribution in [-0.4, -0.2) is 47.4 Å². The average molecular weight is 468 g/mol. The minimum absolute atomic E-state index is 0.212. The summed E-state index contributed by atoms with van der Waals surface area (Å²) in [5.41, 5.74) is 1.84. The molecule has 3 N–H and O–H groups in total. The Morgan fingerprint density at radius 1 is 1.15 bits per heavy atom. The van der Waals surface area contributed by atoms with Crippen LogP contribution in [0, 0.1) is 12.3 Å². The molecule has 0 bridgehead atoms. The molecular formula is C26H33N3O5. The quantitative estimate of drug-likeness (QED) is 0.584. The van der Waals surface area contributed by atoms with Gasteiger partial charge in [-0.2, -0.15) is 0 Å². The number of benzene rings is 2. The maximum absolute atomic E-state index is 13.3. The number of likely N-dealkylation sites (tertiary alicyclic amines) is 1. The first-order valence-electron chi connectivity index (χ1n) is 11.6. The number of rotatable bonds is 5. The SMILES string of the molecule is Cc1ccc(NC2(C(C)(C)C)CCN2C(=O)O)cc1C(=O)NC(C)c1cccc2c1OCCO2. The summed E-state index contributed by atoms with van der Waals surface area (Å²) >= 11 is 0. The molecule has 182 valence electrons. The Labute approximate surface area is 200 Å². The molecule has 0 spiro atoms. The smallest absolute Gasteiger partial charge is 0.409 e. The maximum Gasteiger partial charge on any atom is 0.409 e. The van der Waals surface area contributed by atoms with Gasteiger partial charge < -0.3 is 25.2 Å². The van der Waals surface area contributed by atoms with Crippen molar-refractivity contribution in [1.82, 2.24) is 10.2 Å². The Hall–Kier alpha value is -3.42. The summed E-state index contributed by atoms with van der Waals surface area (Å²) in [4.78, 5) is 26.5. The third kappa shape index (κ3) is 4.13. The monoisotopic (exact) mass is 467 g/mol. The molecule has 2 aliphatic heterocycles. The molecule has 2 amide bonds. The van der Waals surface area contributed by atoms with Crippen LogP contribution in [0.3, 0.4) is 0 Å². The highest BCUT2D eigenvalue weighted by molar-refractivity contribution is 5.97. The fraction of sp³-hybridized carbons (Fsp3) is 0.462. The van der Waals surface area contributed by atoms with E-state index in [2.05, 4.69) is 10.6 Å². The highest BCUT2D eigenvalue weighted by atomic mass is 16.6. The van der Waals surface area contributed by atoms with Crippen LogP contribution in [0.1, 0.15) is 61.6 Å². The topological polar surface area (TPSA) is 100 Å². The molecule has 2 aromatic carbocycles. The van der Waals surface area contributed by atoms with E-state index in [1.54, 1.807) is 6.07 Å². The second-order valence-corrected chi connectivity index (χ2v) is 10.0. The van der Waals surface area contributed by atoms with E-state index in [-0.39, 0.29) is 17.4 Å². The van der Waals surface area contributed by atoms with Crippen molar-refractivity contribution in [3.05, 3.63) is 53.1 Å². The Bertz CT molecular complexity index is 1110. The third-order valence-electron chi connectivity index (χ3n) is 6.87. The fourth-order valence-electron chi connectivity index (χ4n) is 4.78. The van der Waals surface area contributed by atoms with Gasteiger partial charge in [-0.25, -0.2) is 4.79 Å². The molecule has 34 heavy (non-hydrogen) atoms. The van der Waals surface area contributed by atoms with Crippen molar-refractivity contribution in [2.24, 2.45) is 5.41 Å². The molecule has 8 nitrogen and oxygen atoms in total. The molecule has 2 atom stereocenters. The van der Waals surface area contributed by atoms with Crippen molar-refractivity contribution in [1.29, 1.82) is 0 Å². The van der Waals surface area contributed by atoms with E-state index >= 15 is 0 Å². The van der Waals surface area contributed by atoms with Crippen LogP contribution in [0.25, 0.3) is 0 Å². The van der Waals surface area contributed by atoms with Gasteiger partial charge in [0.25, 0.3) is 5.91 Å². The van der Waals surface area contributed by atoms with Gasteiger partial charge in [0.1, 0.15) is 18.9 Å². The zero-order chi connectivity index (χ0) is 24.7. The number of hydrogen-bond donors (Lipinski definition) is 3. The van der Waals surface area contributed by atoms with E-state index in [1.807, 2.05) is 65.0 Å². The summed E-state index contributed by atoms with van der Waals surface area (Å²) in [6.07, 6.45) is -0.263. The number of anilines is 1. The van der Waals surface area contributed by atoms with E-state index in [0.29, 0.717) is 48.9 Å². The number of para-hydroxylation sites is 1. The van der Waals surface area contributed by atoms with Crippen LogP contribution in [0.15, 0.2) is 36.4 Å². The van der Waals surface area contributed by atoms with Gasteiger partial charge in [0.2, 0.25) is 0 Å². The zero-order valence-electron chi connectivity index (χ0n) is 20.4. The van der Waals surface area contributed by atoms with Crippen LogP contribution in [0.5, 0.6) is 11.5 Å². The molecule has 8 heteroatoms. The molecule has 0 aliphatic carbocycles. The van der Waals surface area contributed by atoms with Gasteiger partial charge >= 0.3 is 6.09 Å². The normalized spacial score (nSPS) is 20.2. The summed E-state index contributed by atoms with van der Waals surface area (Å²) in [7, 11) is 0. The van der Waals surface area contributed by atoms with Crippen molar-refractivity contribution < 1.29 is 24.2 Å². The van der Waals surface area contributed by atoms with Crippen LogP contribution in [-0.2, 0) is 0 Å². The van der Waals surface area contributed by atoms with Gasteiger partial charge in [0.15, 0.2) is 11.5 Å². The number of hydrogen-bond acceptors (Lipinski definition) is 5. The lowest BCUT2D eigenvalue weighted by Gasteiger charge is -2.59. The summed E-state index contributed by atoms with van der Waals surface area (Å²) in [6.45, 7) is 11.3. The van der Waals surface area contributed by atoms with Crippen molar-refractivity contribution in [3.8, 4) is 11.5 Å². The van der Waals surface area contributed by atoms with Crippen molar-refractivity contribution in [3.63, 3.8) is 0 Å². The predicted molar refractivity (Wildman–Crippen MR) is 130 cm³/mol. The van der Waals surface area contributed by atoms with Crippen LogP contribution in [0.4, 0.5) is 10.5 Å². The number of carbonyl (C=O) groups excluding carboxylic acids is 1. The Morgan fingerprint density at radius 2 is 1.88 bits per heavy atom. The lowest BCUT2D eigenvalue weighted by Crippen LogP contribution is -2.72. The van der Waals surface area contributed by atoms with Gasteiger partial charge in [0.05, 0.1) is 6.04 Å². The van der Waals surface area contributed by atoms with Gasteiger partial charge in [-0.15, -0.1) is 0 Å². The summed E-state index contributed by atoms with van der Waals surface area (Å²) in [5.74, 6) is 1.14. The minimum Gasteiger partial charge on any atom is -0.486 e. The largest absolute Gasteiger partial charge is 0.486 e. The molecule has 0 aromatic heterocycles. The molecule has 2 unspecified atom stereocenters. The number of carboxylic acid groups (broad SMARTS) is 1. The molecule has 2 aliphatic rings. The minimum atomic E-state index is -0.954. The first-order chi connectivity index (χ1) is 16.0. The van der Waals surface area contributed by atoms with Crippen LogP contribution < -0.4 is 20.1 Å². The number of nitrogens with zero attached hydrogens (tertiary/aromatic N) is 1. The predicted octanol–water partition coefficient (Wildman–Crippen LogP) is 4.80. The highest BCUT2D eigenvalue weighted by Crippen LogP contribution is 2.45. The Kier molecular flexibility index (Phi) is 6.10. The molecule has 2 aromatic rings. The average Bonchev–Trinajstić information content (AvgIpc) is 2.75. The van der Waals surface area contributed by atoms with Gasteiger partial charge in [-0.05, 0) is 37.6 Å². The van der Waals surface area contributed by atoms with Crippen LogP contribution in [0.2, 0.25) is 0 Å². The number of nitrogens with one attached hydrogen (secondary N) is 2. The number of ether oxygens (including phenoxy) is 2. The molecule has 1 saturated heterocycles. The van der Waals surface area contributed by atoms with Crippen molar-refractivity contribution in [2.75, 3.05) is 25.1 Å². The molecule has 0 saturated carbocycles. The number of carbonyl (C=O) groups is 2. The third-order valence-corrected chi connectivity index (χ3v) is 6.87. The molecule has 2 heterocycles. The standard InChI is InChI=1S/C26H33N3O5/c1-16-9-10-18(28-26(25(3,4)5)11-12-29(26)24(31)32)15-20(16)23(30)27-17(2)19-7-6-8-21-22(19)34-14-13-33-21/h6-10,15,17,28H,11-14H2,1-5H3,(H,27,30)(H,31,32). The number of aryl methyl sites for hydroxylation is 1. The van der Waals surface area contributed by atoms with Gasteiger partial charge in [0, 0.05) is 35.2 Å². The van der Waals surface area contributed by atoms with E-state index in [4.69, 9.17) is 9.47 Å². The van der Waals surface area contributed by atoms with E-state index < -0.39 is 11.8 Å². The highest BCUT2D eigenvalue weighted by Gasteiger charge is 2.55. The molecule has 1 fully saturated rings. The second kappa shape index (κ2) is 8.74. The first-order valence-corrected chi connectivity index (χ1v) is 11.6. The number of amides is 2. The van der Waals surface area contributed by atoms with E-state index in [0.717, 1.165) is 11.1 Å². The Balaban J connectivity index is 1.57. The molecule has 0 radical (unpaired) electrons.